The molecule has 30 heavy (non-hydrogen) atoms. The Morgan fingerprint density at radius 1 is 1.03 bits per heavy atom. The van der Waals surface area contributed by atoms with E-state index in [0.29, 0.717) is 9.64 Å². The van der Waals surface area contributed by atoms with E-state index in [0.717, 1.165) is 26.8 Å². The summed E-state index contributed by atoms with van der Waals surface area (Å²) in [5.41, 5.74) is 2.68. The van der Waals surface area contributed by atoms with Gasteiger partial charge >= 0.3 is 0 Å². The Hall–Kier alpha value is -2.42. The largest absolute Gasteiger partial charge is 0.497 e. The number of aromatic amines is 1. The number of thiazole rings is 1. The first kappa shape index (κ1) is 19.5. The first-order chi connectivity index (χ1) is 14.5. The number of hydrogen-bond acceptors (Lipinski definition) is 6. The number of anilines is 1. The average Bonchev–Trinajstić information content (AvgIpc) is 3.24. The van der Waals surface area contributed by atoms with Crippen molar-refractivity contribution in [3.05, 3.63) is 68.5 Å². The third-order valence-corrected chi connectivity index (χ3v) is 8.34. The van der Waals surface area contributed by atoms with Crippen LogP contribution < -0.4 is 9.64 Å². The van der Waals surface area contributed by atoms with Crippen molar-refractivity contribution in [2.75, 3.05) is 12.0 Å². The van der Waals surface area contributed by atoms with Gasteiger partial charge in [0.25, 0.3) is 0 Å². The molecule has 5 nitrogen and oxygen atoms in total. The van der Waals surface area contributed by atoms with Gasteiger partial charge in [0.1, 0.15) is 11.0 Å². The molecule has 8 heteroatoms. The zero-order valence-corrected chi connectivity index (χ0v) is 18.7. The SMILES string of the molecule is COc1ccc(C2c3sc(=S)[nH]c3SC3C(=O)N(c4ccc(C)cc4)C(=O)C32)cc1. The number of imide groups is 1. The van der Waals surface area contributed by atoms with Gasteiger partial charge < -0.3 is 9.72 Å². The van der Waals surface area contributed by atoms with E-state index in [2.05, 4.69) is 4.98 Å². The number of amides is 2. The lowest BCUT2D eigenvalue weighted by atomic mass is 9.83. The van der Waals surface area contributed by atoms with E-state index in [1.54, 1.807) is 7.11 Å². The molecule has 5 rings (SSSR count). The van der Waals surface area contributed by atoms with Crippen LogP contribution in [0.2, 0.25) is 0 Å². The third kappa shape index (κ3) is 3.02. The van der Waals surface area contributed by atoms with E-state index in [-0.39, 0.29) is 17.7 Å². The highest BCUT2D eigenvalue weighted by atomic mass is 32.2. The van der Waals surface area contributed by atoms with Crippen LogP contribution in [0.3, 0.4) is 0 Å². The lowest BCUT2D eigenvalue weighted by Gasteiger charge is -2.30. The van der Waals surface area contributed by atoms with Gasteiger partial charge in [0, 0.05) is 10.8 Å². The van der Waals surface area contributed by atoms with Gasteiger partial charge in [-0.3, -0.25) is 9.59 Å². The molecule has 2 aliphatic rings. The zero-order valence-electron chi connectivity index (χ0n) is 16.2. The van der Waals surface area contributed by atoms with Crippen molar-refractivity contribution in [1.29, 1.82) is 0 Å². The highest BCUT2D eigenvalue weighted by Gasteiger charge is 2.56. The summed E-state index contributed by atoms with van der Waals surface area (Å²) >= 11 is 8.27. The molecule has 0 aliphatic carbocycles. The summed E-state index contributed by atoms with van der Waals surface area (Å²) in [5, 5.41) is 0.401. The summed E-state index contributed by atoms with van der Waals surface area (Å²) in [6.45, 7) is 1.98. The van der Waals surface area contributed by atoms with Crippen LogP contribution in [-0.4, -0.2) is 29.2 Å². The summed E-state index contributed by atoms with van der Waals surface area (Å²) in [6, 6.07) is 15.2. The van der Waals surface area contributed by atoms with Crippen LogP contribution in [0.1, 0.15) is 21.9 Å². The Morgan fingerprint density at radius 2 is 1.73 bits per heavy atom. The topological polar surface area (TPSA) is 62.4 Å². The van der Waals surface area contributed by atoms with E-state index in [9.17, 15) is 9.59 Å². The Balaban J connectivity index is 1.63. The van der Waals surface area contributed by atoms with Gasteiger partial charge in [0.05, 0.1) is 23.7 Å². The van der Waals surface area contributed by atoms with Gasteiger partial charge in [-0.25, -0.2) is 4.90 Å². The van der Waals surface area contributed by atoms with Crippen LogP contribution in [0, 0.1) is 16.8 Å². The molecule has 0 spiro atoms. The van der Waals surface area contributed by atoms with Crippen molar-refractivity contribution in [2.45, 2.75) is 23.1 Å². The van der Waals surface area contributed by atoms with Crippen molar-refractivity contribution in [1.82, 2.24) is 4.98 Å². The summed E-state index contributed by atoms with van der Waals surface area (Å²) in [7, 11) is 1.62. The number of methoxy groups -OCH3 is 1. The van der Waals surface area contributed by atoms with Crippen LogP contribution in [-0.2, 0) is 9.59 Å². The number of nitrogens with zero attached hydrogens (tertiary/aromatic N) is 1. The number of carbonyl (C=O) groups is 2. The quantitative estimate of drug-likeness (QED) is 0.450. The summed E-state index contributed by atoms with van der Waals surface area (Å²) in [4.78, 5) is 32.5. The van der Waals surface area contributed by atoms with Crippen LogP contribution in [0.4, 0.5) is 5.69 Å². The highest BCUT2D eigenvalue weighted by molar-refractivity contribution is 8.01. The van der Waals surface area contributed by atoms with E-state index in [4.69, 9.17) is 17.0 Å². The molecule has 2 aliphatic heterocycles. The lowest BCUT2D eigenvalue weighted by molar-refractivity contribution is -0.122. The van der Waals surface area contributed by atoms with Crippen molar-refractivity contribution in [3.8, 4) is 5.75 Å². The number of benzene rings is 2. The number of hydrogen-bond donors (Lipinski definition) is 1. The van der Waals surface area contributed by atoms with E-state index in [1.807, 2.05) is 55.5 Å². The molecule has 3 atom stereocenters. The number of thioether (sulfide) groups is 1. The number of rotatable bonds is 3. The zero-order chi connectivity index (χ0) is 21.0. The minimum Gasteiger partial charge on any atom is -0.497 e. The fourth-order valence-electron chi connectivity index (χ4n) is 4.14. The first-order valence-electron chi connectivity index (χ1n) is 9.46. The average molecular weight is 455 g/mol. The predicted octanol–water partition coefficient (Wildman–Crippen LogP) is 4.92. The van der Waals surface area contributed by atoms with E-state index in [1.165, 1.54) is 28.0 Å². The normalized spacial score (nSPS) is 22.7. The number of aryl methyl sites for hydroxylation is 1. The standard InChI is InChI=1S/C22H18N2O3S3/c1-11-3-7-13(8-4-11)24-20(25)16-15(12-5-9-14(27-2)10-6-12)17-19(23-22(28)30-17)29-18(16)21(24)26/h3-10,15-16,18H,1-2H3,(H,23,28). The second kappa shape index (κ2) is 7.37. The first-order valence-corrected chi connectivity index (χ1v) is 11.6. The van der Waals surface area contributed by atoms with Gasteiger partial charge in [-0.15, -0.1) is 11.3 Å². The summed E-state index contributed by atoms with van der Waals surface area (Å²) in [6.07, 6.45) is 0. The second-order valence-corrected chi connectivity index (χ2v) is 10.2. The number of carbonyl (C=O) groups excluding carboxylic acids is 2. The molecule has 3 heterocycles. The molecule has 1 aromatic heterocycles. The maximum atomic E-state index is 13.6. The van der Waals surface area contributed by atoms with Gasteiger partial charge in [0.2, 0.25) is 11.8 Å². The molecule has 1 saturated heterocycles. The van der Waals surface area contributed by atoms with E-state index >= 15 is 0 Å². The molecular formula is C22H18N2O3S3. The number of nitrogens with one attached hydrogen (secondary N) is 1. The number of ether oxygens (including phenoxy) is 1. The van der Waals surface area contributed by atoms with Gasteiger partial charge in [-0.2, -0.15) is 0 Å². The van der Waals surface area contributed by atoms with Gasteiger partial charge in [-0.1, -0.05) is 41.6 Å². The Morgan fingerprint density at radius 3 is 2.40 bits per heavy atom. The van der Waals surface area contributed by atoms with Gasteiger partial charge in [0.15, 0.2) is 3.95 Å². The molecule has 0 saturated carbocycles. The van der Waals surface area contributed by atoms with E-state index < -0.39 is 11.2 Å². The minimum absolute atomic E-state index is 0.160. The molecule has 3 unspecified atom stereocenters. The molecule has 2 amide bonds. The van der Waals surface area contributed by atoms with Crippen LogP contribution >= 0.6 is 35.3 Å². The molecule has 2 aromatic carbocycles. The van der Waals surface area contributed by atoms with Crippen LogP contribution in [0.25, 0.3) is 0 Å². The Labute approximate surface area is 187 Å². The van der Waals surface area contributed by atoms with Crippen molar-refractivity contribution >= 4 is 52.8 Å². The molecule has 152 valence electrons. The summed E-state index contributed by atoms with van der Waals surface area (Å²) < 4.78 is 5.94. The summed E-state index contributed by atoms with van der Waals surface area (Å²) in [5.74, 6) is -0.300. The van der Waals surface area contributed by atoms with Crippen molar-refractivity contribution in [3.63, 3.8) is 0 Å². The van der Waals surface area contributed by atoms with Gasteiger partial charge in [-0.05, 0) is 49.0 Å². The fourth-order valence-corrected chi connectivity index (χ4v) is 7.10. The fraction of sp³-hybridized carbons (Fsp3) is 0.227. The smallest absolute Gasteiger partial charge is 0.248 e. The lowest BCUT2D eigenvalue weighted by Crippen LogP contribution is -2.32. The monoisotopic (exact) mass is 454 g/mol. The molecule has 1 fully saturated rings. The maximum Gasteiger partial charge on any atom is 0.248 e. The molecule has 3 aromatic rings. The van der Waals surface area contributed by atoms with Crippen molar-refractivity contribution in [2.24, 2.45) is 5.92 Å². The van der Waals surface area contributed by atoms with Crippen LogP contribution in [0.5, 0.6) is 5.75 Å². The maximum absolute atomic E-state index is 13.6. The third-order valence-electron chi connectivity index (χ3n) is 5.59. The van der Waals surface area contributed by atoms with Crippen LogP contribution in [0.15, 0.2) is 53.6 Å². The minimum atomic E-state index is -0.487. The Kier molecular flexibility index (Phi) is 4.80. The number of fused-ring (bicyclic) bond motifs is 2. The highest BCUT2D eigenvalue weighted by Crippen LogP contribution is 2.54. The number of H-pyrrole nitrogens is 1. The molecule has 0 bridgehead atoms. The van der Waals surface area contributed by atoms with Crippen molar-refractivity contribution < 1.29 is 14.3 Å². The molecular weight excluding hydrogens is 436 g/mol. The molecule has 0 radical (unpaired) electrons. The number of aromatic nitrogens is 1. The molecule has 1 N–H and O–H groups in total. The Bertz CT molecular complexity index is 1200. The second-order valence-electron chi connectivity index (χ2n) is 7.37. The predicted molar refractivity (Wildman–Crippen MR) is 121 cm³/mol.